The van der Waals surface area contributed by atoms with Crippen LogP contribution in [0.25, 0.3) is 0 Å². The Morgan fingerprint density at radius 2 is 1.69 bits per heavy atom. The molecule has 1 atom stereocenters. The number of hydrogen-bond acceptors (Lipinski definition) is 5. The van der Waals surface area contributed by atoms with Crippen LogP contribution in [0.4, 0.5) is 9.18 Å². The number of ether oxygens (including phenoxy) is 2. The smallest absolute Gasteiger partial charge is 0.410 e. The number of allylic oxidation sites excluding steroid dienone is 3. The zero-order valence-electron chi connectivity index (χ0n) is 25.5. The van der Waals surface area contributed by atoms with Crippen LogP contribution in [0.5, 0.6) is 0 Å². The summed E-state index contributed by atoms with van der Waals surface area (Å²) in [6.45, 7) is 15.0. The van der Waals surface area contributed by atoms with E-state index >= 15 is 0 Å². The van der Waals surface area contributed by atoms with Gasteiger partial charge in [-0.3, -0.25) is 9.69 Å². The van der Waals surface area contributed by atoms with Crippen LogP contribution in [0.1, 0.15) is 119 Å². The first kappa shape index (κ1) is 31.6. The van der Waals surface area contributed by atoms with Gasteiger partial charge < -0.3 is 14.4 Å². The lowest BCUT2D eigenvalue weighted by Gasteiger charge is -2.46. The van der Waals surface area contributed by atoms with Crippen LogP contribution in [-0.2, 0) is 14.3 Å². The molecule has 0 saturated carbocycles. The Labute approximate surface area is 236 Å². The molecule has 3 aliphatic rings. The molecule has 0 N–H and O–H groups in total. The summed E-state index contributed by atoms with van der Waals surface area (Å²) in [5.41, 5.74) is 0.371. The van der Waals surface area contributed by atoms with Gasteiger partial charge in [0.25, 0.3) is 0 Å². The number of hydrogen-bond donors (Lipinski definition) is 0. The van der Waals surface area contributed by atoms with Crippen molar-refractivity contribution in [3.05, 3.63) is 23.6 Å². The van der Waals surface area contributed by atoms with Gasteiger partial charge in [-0.25, -0.2) is 9.18 Å². The second kappa shape index (κ2) is 13.6. The summed E-state index contributed by atoms with van der Waals surface area (Å²) >= 11 is 0. The predicted molar refractivity (Wildman–Crippen MR) is 154 cm³/mol. The van der Waals surface area contributed by atoms with Gasteiger partial charge in [0.1, 0.15) is 17.0 Å². The van der Waals surface area contributed by atoms with E-state index in [0.29, 0.717) is 12.8 Å². The molecule has 6 nitrogen and oxygen atoms in total. The highest BCUT2D eigenvalue weighted by Gasteiger charge is 2.44. The zero-order valence-corrected chi connectivity index (χ0v) is 25.5. The number of rotatable bonds is 11. The fraction of sp³-hybridized carbons (Fsp3) is 0.812. The van der Waals surface area contributed by atoms with E-state index in [-0.39, 0.29) is 34.9 Å². The van der Waals surface area contributed by atoms with Crippen molar-refractivity contribution in [2.45, 2.75) is 135 Å². The lowest BCUT2D eigenvalue weighted by atomic mass is 9.84. The number of piperidine rings is 1. The van der Waals surface area contributed by atoms with E-state index in [9.17, 15) is 14.0 Å². The number of esters is 1. The third-order valence-electron chi connectivity index (χ3n) is 8.63. The van der Waals surface area contributed by atoms with E-state index in [1.807, 2.05) is 46.4 Å². The summed E-state index contributed by atoms with van der Waals surface area (Å²) < 4.78 is 25.7. The summed E-state index contributed by atoms with van der Waals surface area (Å²) in [6.07, 6.45) is 14.6. The first-order chi connectivity index (χ1) is 18.3. The second-order valence-electron chi connectivity index (χ2n) is 13.5. The van der Waals surface area contributed by atoms with Crippen LogP contribution in [0.2, 0.25) is 0 Å². The van der Waals surface area contributed by atoms with Gasteiger partial charge in [-0.2, -0.15) is 0 Å². The lowest BCUT2D eigenvalue weighted by molar-refractivity contribution is -0.156. The minimum absolute atomic E-state index is 0.00761. The Hall–Kier alpha value is -1.89. The van der Waals surface area contributed by atoms with Crippen LogP contribution in [0.3, 0.4) is 0 Å². The quantitative estimate of drug-likeness (QED) is 0.195. The van der Waals surface area contributed by atoms with Crippen molar-refractivity contribution < 1.29 is 23.5 Å². The summed E-state index contributed by atoms with van der Waals surface area (Å²) in [4.78, 5) is 29.0. The van der Waals surface area contributed by atoms with E-state index < -0.39 is 5.60 Å². The Bertz CT molecular complexity index is 896. The Kier molecular flexibility index (Phi) is 11.1. The Morgan fingerprint density at radius 1 is 1.00 bits per heavy atom. The third kappa shape index (κ3) is 9.91. The van der Waals surface area contributed by atoms with Gasteiger partial charge in [0.05, 0.1) is 0 Å². The molecule has 0 aromatic carbocycles. The molecule has 1 amide bonds. The molecule has 1 spiro atoms. The number of nitrogens with zero attached hydrogens (tertiary/aromatic N) is 2. The van der Waals surface area contributed by atoms with Crippen molar-refractivity contribution in [2.75, 3.05) is 26.2 Å². The molecule has 1 unspecified atom stereocenters. The van der Waals surface area contributed by atoms with E-state index in [2.05, 4.69) is 11.0 Å². The third-order valence-corrected chi connectivity index (χ3v) is 8.63. The molecule has 0 bridgehead atoms. The van der Waals surface area contributed by atoms with Crippen molar-refractivity contribution >= 4 is 12.1 Å². The standard InChI is InChI=1S/C32H53FN2O4/c1-7-31(5,6)38-28(36)14-11-9-8-10-13-25-21-26(23-27(33)22-25)24-35-18-12-15-32(35)16-19-34(20-17-32)29(37)39-30(2,3)4/h21-22,26H,7-20,23-24H2,1-6H3. The zero-order chi connectivity index (χ0) is 28.7. The Balaban J connectivity index is 1.43. The molecule has 3 rings (SSSR count). The number of carbonyl (C=O) groups is 2. The molecule has 2 aliphatic heterocycles. The van der Waals surface area contributed by atoms with Gasteiger partial charge in [0, 0.05) is 38.0 Å². The second-order valence-corrected chi connectivity index (χ2v) is 13.5. The number of amides is 1. The topological polar surface area (TPSA) is 59.1 Å². The molecule has 2 saturated heterocycles. The fourth-order valence-electron chi connectivity index (χ4n) is 6.14. The fourth-order valence-corrected chi connectivity index (χ4v) is 6.14. The first-order valence-corrected chi connectivity index (χ1v) is 15.3. The predicted octanol–water partition coefficient (Wildman–Crippen LogP) is 7.72. The van der Waals surface area contributed by atoms with Gasteiger partial charge in [0.15, 0.2) is 0 Å². The Morgan fingerprint density at radius 3 is 2.36 bits per heavy atom. The molecule has 2 heterocycles. The molecule has 0 radical (unpaired) electrons. The van der Waals surface area contributed by atoms with Crippen LogP contribution in [0.15, 0.2) is 23.6 Å². The average Bonchev–Trinajstić information content (AvgIpc) is 3.21. The highest BCUT2D eigenvalue weighted by Crippen LogP contribution is 2.40. The molecule has 1 aliphatic carbocycles. The summed E-state index contributed by atoms with van der Waals surface area (Å²) in [6, 6.07) is 0. The van der Waals surface area contributed by atoms with Gasteiger partial charge in [-0.15, -0.1) is 0 Å². The van der Waals surface area contributed by atoms with E-state index in [0.717, 1.165) is 96.0 Å². The van der Waals surface area contributed by atoms with Crippen LogP contribution in [0, 0.1) is 5.92 Å². The number of halogens is 1. The highest BCUT2D eigenvalue weighted by molar-refractivity contribution is 5.69. The van der Waals surface area contributed by atoms with Crippen LogP contribution in [-0.4, -0.2) is 64.8 Å². The SMILES string of the molecule is CCC(C)(C)OC(=O)CCCCCCC1=CC(CN2CCCC23CCN(C(=O)OC(C)(C)C)CC3)CC(F)=C1. The first-order valence-electron chi connectivity index (χ1n) is 15.3. The van der Waals surface area contributed by atoms with Crippen molar-refractivity contribution in [1.29, 1.82) is 0 Å². The van der Waals surface area contributed by atoms with E-state index in [1.54, 1.807) is 6.08 Å². The molecule has 7 heteroatoms. The van der Waals surface area contributed by atoms with Gasteiger partial charge >= 0.3 is 12.1 Å². The highest BCUT2D eigenvalue weighted by atomic mass is 19.1. The van der Waals surface area contributed by atoms with Crippen LogP contribution >= 0.6 is 0 Å². The van der Waals surface area contributed by atoms with E-state index in [1.165, 1.54) is 0 Å². The van der Waals surface area contributed by atoms with Crippen molar-refractivity contribution in [3.8, 4) is 0 Å². The maximum atomic E-state index is 14.6. The van der Waals surface area contributed by atoms with Gasteiger partial charge in [0.2, 0.25) is 0 Å². The summed E-state index contributed by atoms with van der Waals surface area (Å²) in [5, 5.41) is 0. The van der Waals surface area contributed by atoms with Crippen LogP contribution < -0.4 is 0 Å². The average molecular weight is 549 g/mol. The molecular weight excluding hydrogens is 495 g/mol. The normalized spacial score (nSPS) is 22.0. The number of likely N-dealkylation sites (tertiary alicyclic amines) is 2. The number of unbranched alkanes of at least 4 members (excludes halogenated alkanes) is 3. The number of carbonyl (C=O) groups excluding carboxylic acids is 2. The monoisotopic (exact) mass is 548 g/mol. The van der Waals surface area contributed by atoms with Crippen molar-refractivity contribution in [3.63, 3.8) is 0 Å². The largest absolute Gasteiger partial charge is 0.460 e. The summed E-state index contributed by atoms with van der Waals surface area (Å²) in [7, 11) is 0. The summed E-state index contributed by atoms with van der Waals surface area (Å²) in [5.74, 6) is 0.0761. The van der Waals surface area contributed by atoms with Gasteiger partial charge in [-0.05, 0) is 110 Å². The molecule has 222 valence electrons. The van der Waals surface area contributed by atoms with Crippen molar-refractivity contribution in [2.24, 2.45) is 5.92 Å². The lowest BCUT2D eigenvalue weighted by Crippen LogP contribution is -2.54. The maximum Gasteiger partial charge on any atom is 0.410 e. The maximum absolute atomic E-state index is 14.6. The minimum atomic E-state index is -0.478. The minimum Gasteiger partial charge on any atom is -0.460 e. The van der Waals surface area contributed by atoms with E-state index in [4.69, 9.17) is 9.47 Å². The molecule has 0 aromatic heterocycles. The van der Waals surface area contributed by atoms with Gasteiger partial charge in [-0.1, -0.05) is 25.8 Å². The molecule has 39 heavy (non-hydrogen) atoms. The molecule has 2 fully saturated rings. The molecule has 0 aromatic rings. The molecular formula is C32H53FN2O4. The van der Waals surface area contributed by atoms with Crippen molar-refractivity contribution in [1.82, 2.24) is 9.80 Å².